The van der Waals surface area contributed by atoms with Gasteiger partial charge in [0.05, 0.1) is 36.0 Å². The molecule has 4 aromatic rings. The second-order valence-corrected chi connectivity index (χ2v) is 7.59. The summed E-state index contributed by atoms with van der Waals surface area (Å²) in [6.45, 7) is 4.63. The van der Waals surface area contributed by atoms with Crippen LogP contribution in [0.2, 0.25) is 0 Å². The van der Waals surface area contributed by atoms with Crippen molar-refractivity contribution >= 4 is 0 Å². The second kappa shape index (κ2) is 8.99. The summed E-state index contributed by atoms with van der Waals surface area (Å²) in [5, 5.41) is 0. The molecular weight excluding hydrogens is 423 g/mol. The van der Waals surface area contributed by atoms with E-state index in [1.807, 2.05) is 18.2 Å². The molecule has 8 nitrogen and oxygen atoms in total. The molecule has 1 saturated heterocycles. The Morgan fingerprint density at radius 1 is 1.00 bits per heavy atom. The predicted molar refractivity (Wildman–Crippen MR) is 119 cm³/mol. The molecule has 1 aliphatic rings. The molecule has 3 aromatic heterocycles. The smallest absolute Gasteiger partial charge is 0.217 e. The first-order valence-electron chi connectivity index (χ1n) is 10.3. The van der Waals surface area contributed by atoms with Crippen LogP contribution < -0.4 is 5.73 Å². The van der Waals surface area contributed by atoms with Gasteiger partial charge in [0.15, 0.2) is 11.6 Å². The Hall–Kier alpha value is -3.79. The number of halogens is 1. The summed E-state index contributed by atoms with van der Waals surface area (Å²) < 4.78 is 25.0. The first-order valence-corrected chi connectivity index (χ1v) is 10.3. The van der Waals surface area contributed by atoms with Crippen molar-refractivity contribution in [3.05, 3.63) is 96.2 Å². The van der Waals surface area contributed by atoms with Crippen LogP contribution in [-0.2, 0) is 9.47 Å². The molecule has 0 spiro atoms. The standard InChI is InChI=1S/C24H21FN6O2/c1-14-12-32-24(33-13-14)23-30-20(15-5-7-16(25)8-6-15)21(31-23)18-9-11-28-22(29-18)19(26)17-4-2-3-10-27-17/h2-11,19,24H,1,12-13,26H2,(H,30,31). The lowest BCUT2D eigenvalue weighted by Crippen LogP contribution is -2.20. The van der Waals surface area contributed by atoms with E-state index in [0.29, 0.717) is 53.2 Å². The molecule has 1 aliphatic heterocycles. The molecule has 1 atom stereocenters. The fourth-order valence-electron chi connectivity index (χ4n) is 3.49. The molecule has 166 valence electrons. The van der Waals surface area contributed by atoms with Crippen LogP contribution in [0.25, 0.3) is 22.6 Å². The van der Waals surface area contributed by atoms with Crippen molar-refractivity contribution in [3.8, 4) is 22.6 Å². The largest absolute Gasteiger partial charge is 0.341 e. The van der Waals surface area contributed by atoms with Gasteiger partial charge in [0.1, 0.15) is 11.9 Å². The highest BCUT2D eigenvalue weighted by Gasteiger charge is 2.25. The first kappa shape index (κ1) is 21.1. The van der Waals surface area contributed by atoms with Gasteiger partial charge in [-0.3, -0.25) is 4.98 Å². The van der Waals surface area contributed by atoms with Crippen molar-refractivity contribution in [2.24, 2.45) is 5.73 Å². The third-order valence-electron chi connectivity index (χ3n) is 5.16. The molecule has 0 aliphatic carbocycles. The Morgan fingerprint density at radius 3 is 2.52 bits per heavy atom. The zero-order valence-electron chi connectivity index (χ0n) is 17.6. The molecule has 1 aromatic carbocycles. The van der Waals surface area contributed by atoms with Crippen LogP contribution >= 0.6 is 0 Å². The van der Waals surface area contributed by atoms with E-state index in [4.69, 9.17) is 20.2 Å². The lowest BCUT2D eigenvalue weighted by atomic mass is 10.1. The van der Waals surface area contributed by atoms with Gasteiger partial charge in [-0.25, -0.2) is 19.3 Å². The van der Waals surface area contributed by atoms with Crippen molar-refractivity contribution in [1.82, 2.24) is 24.9 Å². The molecular formula is C24H21FN6O2. The summed E-state index contributed by atoms with van der Waals surface area (Å²) >= 11 is 0. The molecule has 33 heavy (non-hydrogen) atoms. The predicted octanol–water partition coefficient (Wildman–Crippen LogP) is 3.72. The van der Waals surface area contributed by atoms with Crippen molar-refractivity contribution in [2.45, 2.75) is 12.3 Å². The number of nitrogens with zero attached hydrogens (tertiary/aromatic N) is 4. The molecule has 4 heterocycles. The van der Waals surface area contributed by atoms with E-state index in [2.05, 4.69) is 26.5 Å². The zero-order chi connectivity index (χ0) is 22.8. The Morgan fingerprint density at radius 2 is 1.79 bits per heavy atom. The zero-order valence-corrected chi connectivity index (χ0v) is 17.6. The Kier molecular flexibility index (Phi) is 5.74. The quantitative estimate of drug-likeness (QED) is 0.451. The molecule has 0 bridgehead atoms. The summed E-state index contributed by atoms with van der Waals surface area (Å²) in [6.07, 6.45) is 2.62. The van der Waals surface area contributed by atoms with Crippen molar-refractivity contribution in [2.75, 3.05) is 13.2 Å². The number of imidazole rings is 1. The summed E-state index contributed by atoms with van der Waals surface area (Å²) in [4.78, 5) is 21.3. The van der Waals surface area contributed by atoms with E-state index in [9.17, 15) is 4.39 Å². The lowest BCUT2D eigenvalue weighted by Gasteiger charge is -2.22. The molecule has 5 rings (SSSR count). The number of nitrogens with two attached hydrogens (primary N) is 1. The molecule has 0 amide bonds. The Labute approximate surface area is 189 Å². The summed E-state index contributed by atoms with van der Waals surface area (Å²) in [5.41, 5.74) is 10.3. The number of hydrogen-bond donors (Lipinski definition) is 2. The minimum Gasteiger partial charge on any atom is -0.341 e. The van der Waals surface area contributed by atoms with Gasteiger partial charge in [-0.05, 0) is 48.0 Å². The van der Waals surface area contributed by atoms with E-state index in [0.717, 1.165) is 5.57 Å². The number of H-pyrrole nitrogens is 1. The monoisotopic (exact) mass is 444 g/mol. The van der Waals surface area contributed by atoms with Crippen molar-refractivity contribution in [3.63, 3.8) is 0 Å². The number of rotatable bonds is 5. The van der Waals surface area contributed by atoms with Gasteiger partial charge in [-0.1, -0.05) is 12.6 Å². The molecule has 9 heteroatoms. The maximum absolute atomic E-state index is 13.5. The third-order valence-corrected chi connectivity index (χ3v) is 5.16. The van der Waals surface area contributed by atoms with Crippen LogP contribution in [0.5, 0.6) is 0 Å². The number of aromatic amines is 1. The topological polar surface area (TPSA) is 112 Å². The van der Waals surface area contributed by atoms with Crippen LogP contribution in [-0.4, -0.2) is 38.1 Å². The van der Waals surface area contributed by atoms with Gasteiger partial charge in [0.2, 0.25) is 6.29 Å². The summed E-state index contributed by atoms with van der Waals surface area (Å²) in [5.74, 6) is 0.555. The van der Waals surface area contributed by atoms with E-state index in [1.165, 1.54) is 12.1 Å². The normalized spacial score (nSPS) is 15.5. The summed E-state index contributed by atoms with van der Waals surface area (Å²) in [7, 11) is 0. The Balaban J connectivity index is 1.56. The van der Waals surface area contributed by atoms with Crippen LogP contribution in [0.3, 0.4) is 0 Å². The SMILES string of the molecule is C=C1COC(c2nc(-c3ccc(F)cc3)c(-c3ccnc(C(N)c4ccccn4)n3)[nH]2)OC1. The highest BCUT2D eigenvalue weighted by Crippen LogP contribution is 2.33. The van der Waals surface area contributed by atoms with Gasteiger partial charge in [0, 0.05) is 18.0 Å². The maximum Gasteiger partial charge on any atom is 0.217 e. The highest BCUT2D eigenvalue weighted by atomic mass is 19.1. The lowest BCUT2D eigenvalue weighted by molar-refractivity contribution is -0.165. The van der Waals surface area contributed by atoms with E-state index < -0.39 is 12.3 Å². The third kappa shape index (κ3) is 4.42. The number of ether oxygens (including phenoxy) is 2. The first-order chi connectivity index (χ1) is 16.1. The average Bonchev–Trinajstić information content (AvgIpc) is 3.31. The maximum atomic E-state index is 13.5. The fourth-order valence-corrected chi connectivity index (χ4v) is 3.49. The highest BCUT2D eigenvalue weighted by molar-refractivity contribution is 5.76. The average molecular weight is 444 g/mol. The second-order valence-electron chi connectivity index (χ2n) is 7.59. The molecule has 0 saturated carbocycles. The van der Waals surface area contributed by atoms with Gasteiger partial charge in [-0.15, -0.1) is 0 Å². The van der Waals surface area contributed by atoms with Gasteiger partial charge >= 0.3 is 0 Å². The molecule has 0 radical (unpaired) electrons. The van der Waals surface area contributed by atoms with Crippen LogP contribution in [0.1, 0.15) is 29.7 Å². The molecule has 1 unspecified atom stereocenters. The number of hydrogen-bond acceptors (Lipinski definition) is 7. The van der Waals surface area contributed by atoms with Crippen molar-refractivity contribution in [1.29, 1.82) is 0 Å². The number of nitrogens with one attached hydrogen (secondary N) is 1. The number of aromatic nitrogens is 5. The minimum atomic E-state index is -0.680. The molecule has 1 fully saturated rings. The van der Waals surface area contributed by atoms with Crippen LogP contribution in [0, 0.1) is 5.82 Å². The van der Waals surface area contributed by atoms with E-state index in [-0.39, 0.29) is 5.82 Å². The van der Waals surface area contributed by atoms with Crippen LogP contribution in [0.15, 0.2) is 73.1 Å². The minimum absolute atomic E-state index is 0.334. The van der Waals surface area contributed by atoms with Gasteiger partial charge in [0.25, 0.3) is 0 Å². The van der Waals surface area contributed by atoms with Gasteiger partial charge < -0.3 is 20.2 Å². The summed E-state index contributed by atoms with van der Waals surface area (Å²) in [6, 6.07) is 12.7. The van der Waals surface area contributed by atoms with Crippen molar-refractivity contribution < 1.29 is 13.9 Å². The van der Waals surface area contributed by atoms with Crippen LogP contribution in [0.4, 0.5) is 4.39 Å². The number of pyridine rings is 1. The van der Waals surface area contributed by atoms with Gasteiger partial charge in [-0.2, -0.15) is 0 Å². The fraction of sp³-hybridized carbons (Fsp3) is 0.167. The van der Waals surface area contributed by atoms with E-state index in [1.54, 1.807) is 30.6 Å². The van der Waals surface area contributed by atoms with E-state index >= 15 is 0 Å². The number of benzene rings is 1. The Bertz CT molecular complexity index is 1270. The molecule has 3 N–H and O–H groups in total.